The van der Waals surface area contributed by atoms with Gasteiger partial charge in [0.2, 0.25) is 0 Å². The molecule has 0 radical (unpaired) electrons. The fourth-order valence-corrected chi connectivity index (χ4v) is 4.81. The van der Waals surface area contributed by atoms with E-state index in [1.165, 1.54) is 12.1 Å². The standard InChI is InChI=1S/C19H28FN3OS/c1-19(2)16(15-9-11-24-17(15)19)23-18(21-3)22-10-4-12-25-14-7-5-13(20)6-8-14/h5-8,15-17H,4,9-12H2,1-3H3,(H2,21,22,23). The van der Waals surface area contributed by atoms with Crippen molar-refractivity contribution < 1.29 is 9.13 Å². The van der Waals surface area contributed by atoms with Crippen LogP contribution < -0.4 is 10.6 Å². The van der Waals surface area contributed by atoms with Crippen LogP contribution >= 0.6 is 11.8 Å². The molecule has 0 spiro atoms. The number of nitrogens with one attached hydrogen (secondary N) is 2. The van der Waals surface area contributed by atoms with E-state index in [-0.39, 0.29) is 11.2 Å². The molecule has 1 saturated carbocycles. The van der Waals surface area contributed by atoms with Gasteiger partial charge in [0.1, 0.15) is 5.82 Å². The number of aliphatic imine (C=N–C) groups is 1. The molecule has 138 valence electrons. The zero-order chi connectivity index (χ0) is 17.9. The number of ether oxygens (including phenoxy) is 1. The summed E-state index contributed by atoms with van der Waals surface area (Å²) < 4.78 is 18.7. The van der Waals surface area contributed by atoms with Crippen LogP contribution in [0.5, 0.6) is 0 Å². The quantitative estimate of drug-likeness (QED) is 0.351. The number of benzene rings is 1. The van der Waals surface area contributed by atoms with Crippen LogP contribution in [0.2, 0.25) is 0 Å². The highest BCUT2D eigenvalue weighted by molar-refractivity contribution is 7.99. The molecule has 2 N–H and O–H groups in total. The number of nitrogens with zero attached hydrogens (tertiary/aromatic N) is 1. The van der Waals surface area contributed by atoms with Gasteiger partial charge in [-0.3, -0.25) is 4.99 Å². The summed E-state index contributed by atoms with van der Waals surface area (Å²) in [6.45, 7) is 6.28. The molecular weight excluding hydrogens is 337 g/mol. The Morgan fingerprint density at radius 1 is 1.36 bits per heavy atom. The average molecular weight is 366 g/mol. The number of thioether (sulfide) groups is 1. The largest absolute Gasteiger partial charge is 0.377 e. The van der Waals surface area contributed by atoms with E-state index in [9.17, 15) is 4.39 Å². The second-order valence-corrected chi connectivity index (χ2v) is 8.51. The summed E-state index contributed by atoms with van der Waals surface area (Å²) in [6, 6.07) is 7.08. The molecule has 2 fully saturated rings. The number of rotatable bonds is 6. The Bertz CT molecular complexity index is 605. The van der Waals surface area contributed by atoms with Gasteiger partial charge >= 0.3 is 0 Å². The van der Waals surface area contributed by atoms with Crippen LogP contribution in [0.25, 0.3) is 0 Å². The zero-order valence-electron chi connectivity index (χ0n) is 15.2. The molecule has 4 nitrogen and oxygen atoms in total. The van der Waals surface area contributed by atoms with Gasteiger partial charge in [-0.25, -0.2) is 4.39 Å². The molecule has 1 aliphatic heterocycles. The first-order chi connectivity index (χ1) is 12.0. The average Bonchev–Trinajstić information content (AvgIpc) is 3.06. The van der Waals surface area contributed by atoms with E-state index >= 15 is 0 Å². The smallest absolute Gasteiger partial charge is 0.191 e. The summed E-state index contributed by atoms with van der Waals surface area (Å²) in [7, 11) is 1.82. The van der Waals surface area contributed by atoms with Gasteiger partial charge in [-0.05, 0) is 42.9 Å². The Hall–Kier alpha value is -1.27. The Kier molecular flexibility index (Phi) is 5.89. The van der Waals surface area contributed by atoms with Crippen molar-refractivity contribution in [3.63, 3.8) is 0 Å². The molecule has 1 saturated heterocycles. The third-order valence-electron chi connectivity index (χ3n) is 5.31. The van der Waals surface area contributed by atoms with Crippen LogP contribution in [-0.4, -0.2) is 44.1 Å². The van der Waals surface area contributed by atoms with E-state index in [0.29, 0.717) is 18.1 Å². The van der Waals surface area contributed by atoms with Gasteiger partial charge in [-0.1, -0.05) is 13.8 Å². The van der Waals surface area contributed by atoms with E-state index < -0.39 is 0 Å². The molecular formula is C19H28FN3OS. The van der Waals surface area contributed by atoms with E-state index in [1.807, 2.05) is 19.2 Å². The Morgan fingerprint density at radius 2 is 2.12 bits per heavy atom. The summed E-state index contributed by atoms with van der Waals surface area (Å²) in [5.41, 5.74) is 0.150. The van der Waals surface area contributed by atoms with Gasteiger partial charge in [0.15, 0.2) is 5.96 Å². The van der Waals surface area contributed by atoms with Gasteiger partial charge in [0.05, 0.1) is 6.10 Å². The van der Waals surface area contributed by atoms with E-state index in [2.05, 4.69) is 29.5 Å². The molecule has 1 aromatic rings. The molecule has 3 atom stereocenters. The Balaban J connectivity index is 1.37. The normalized spacial score (nSPS) is 27.5. The van der Waals surface area contributed by atoms with Gasteiger partial charge in [0, 0.05) is 42.5 Å². The van der Waals surface area contributed by atoms with E-state index in [0.717, 1.165) is 42.6 Å². The molecule has 3 rings (SSSR count). The fraction of sp³-hybridized carbons (Fsp3) is 0.632. The van der Waals surface area contributed by atoms with Crippen molar-refractivity contribution in [2.45, 2.75) is 43.7 Å². The Labute approximate surface area is 154 Å². The Morgan fingerprint density at radius 3 is 2.84 bits per heavy atom. The number of hydrogen-bond donors (Lipinski definition) is 2. The third-order valence-corrected chi connectivity index (χ3v) is 6.41. The van der Waals surface area contributed by atoms with Crippen LogP contribution in [0, 0.1) is 17.2 Å². The molecule has 1 aliphatic carbocycles. The maximum Gasteiger partial charge on any atom is 0.191 e. The fourth-order valence-electron chi connectivity index (χ4n) is 3.96. The summed E-state index contributed by atoms with van der Waals surface area (Å²) in [5, 5.41) is 7.00. The van der Waals surface area contributed by atoms with Gasteiger partial charge in [0.25, 0.3) is 0 Å². The first kappa shape index (κ1) is 18.5. The van der Waals surface area contributed by atoms with Gasteiger partial charge in [-0.2, -0.15) is 0 Å². The predicted molar refractivity (Wildman–Crippen MR) is 102 cm³/mol. The second kappa shape index (κ2) is 7.96. The van der Waals surface area contributed by atoms with Crippen molar-refractivity contribution in [1.29, 1.82) is 0 Å². The lowest BCUT2D eigenvalue weighted by Crippen LogP contribution is -2.67. The molecule has 3 unspecified atom stereocenters. The molecule has 0 amide bonds. The van der Waals surface area contributed by atoms with Gasteiger partial charge in [-0.15, -0.1) is 11.8 Å². The minimum Gasteiger partial charge on any atom is -0.377 e. The maximum absolute atomic E-state index is 12.9. The molecule has 0 bridgehead atoms. The molecule has 1 aromatic carbocycles. The van der Waals surface area contributed by atoms with E-state index in [1.54, 1.807) is 11.8 Å². The highest BCUT2D eigenvalue weighted by Gasteiger charge is 2.59. The number of halogens is 1. The number of hydrogen-bond acceptors (Lipinski definition) is 3. The molecule has 6 heteroatoms. The van der Waals surface area contributed by atoms with Crippen molar-refractivity contribution >= 4 is 17.7 Å². The van der Waals surface area contributed by atoms with Crippen molar-refractivity contribution in [2.24, 2.45) is 16.3 Å². The van der Waals surface area contributed by atoms with Crippen LogP contribution in [0.3, 0.4) is 0 Å². The summed E-state index contributed by atoms with van der Waals surface area (Å²) in [5.74, 6) is 2.27. The first-order valence-electron chi connectivity index (χ1n) is 8.99. The summed E-state index contributed by atoms with van der Waals surface area (Å²) in [6.07, 6.45) is 2.54. The second-order valence-electron chi connectivity index (χ2n) is 7.34. The number of fused-ring (bicyclic) bond motifs is 1. The highest BCUT2D eigenvalue weighted by Crippen LogP contribution is 2.52. The molecule has 1 heterocycles. The summed E-state index contributed by atoms with van der Waals surface area (Å²) in [4.78, 5) is 5.46. The molecule has 2 aliphatic rings. The van der Waals surface area contributed by atoms with Crippen LogP contribution in [-0.2, 0) is 4.74 Å². The lowest BCUT2D eigenvalue weighted by molar-refractivity contribution is -0.106. The maximum atomic E-state index is 12.9. The molecule has 0 aromatic heterocycles. The topological polar surface area (TPSA) is 45.7 Å². The summed E-state index contributed by atoms with van der Waals surface area (Å²) >= 11 is 1.75. The first-order valence-corrected chi connectivity index (χ1v) is 9.98. The zero-order valence-corrected chi connectivity index (χ0v) is 16.0. The minimum absolute atomic E-state index is 0.150. The lowest BCUT2D eigenvalue weighted by Gasteiger charge is -2.54. The van der Waals surface area contributed by atoms with Crippen molar-refractivity contribution in [1.82, 2.24) is 10.6 Å². The lowest BCUT2D eigenvalue weighted by atomic mass is 9.57. The SMILES string of the molecule is CN=C(NCCCSc1ccc(F)cc1)NC1C2CCOC2C1(C)C. The number of guanidine groups is 1. The van der Waals surface area contributed by atoms with Gasteiger partial charge < -0.3 is 15.4 Å². The third kappa shape index (κ3) is 4.11. The highest BCUT2D eigenvalue weighted by atomic mass is 32.2. The van der Waals surface area contributed by atoms with Crippen molar-refractivity contribution in [3.8, 4) is 0 Å². The van der Waals surface area contributed by atoms with Crippen LogP contribution in [0.4, 0.5) is 4.39 Å². The van der Waals surface area contributed by atoms with E-state index in [4.69, 9.17) is 4.74 Å². The predicted octanol–water partition coefficient (Wildman–Crippen LogP) is 3.29. The van der Waals surface area contributed by atoms with Crippen molar-refractivity contribution in [2.75, 3.05) is 26.0 Å². The van der Waals surface area contributed by atoms with Crippen molar-refractivity contribution in [3.05, 3.63) is 30.1 Å². The monoisotopic (exact) mass is 365 g/mol. The molecule has 25 heavy (non-hydrogen) atoms. The van der Waals surface area contributed by atoms with Crippen LogP contribution in [0.1, 0.15) is 26.7 Å². The van der Waals surface area contributed by atoms with Crippen LogP contribution in [0.15, 0.2) is 34.2 Å². The minimum atomic E-state index is -0.185.